The Morgan fingerprint density at radius 3 is 2.55 bits per heavy atom. The number of nitro benzene ring substituents is 1. The normalized spacial score (nSPS) is 20.5. The lowest BCUT2D eigenvalue weighted by atomic mass is 9.76. The van der Waals surface area contributed by atoms with E-state index in [0.717, 1.165) is 34.5 Å². The molecule has 0 radical (unpaired) electrons. The number of non-ortho nitro benzene ring substituents is 1. The molecule has 33 heavy (non-hydrogen) atoms. The Hall–Kier alpha value is -3.80. The second-order valence-electron chi connectivity index (χ2n) is 8.69. The van der Waals surface area contributed by atoms with Crippen LogP contribution in [0, 0.1) is 23.0 Å². The minimum Gasteiger partial charge on any atom is -0.494 e. The Morgan fingerprint density at radius 1 is 1.09 bits per heavy atom. The van der Waals surface area contributed by atoms with Gasteiger partial charge in [0.25, 0.3) is 5.69 Å². The number of ether oxygens (including phenoxy) is 2. The molecule has 3 aromatic carbocycles. The molecule has 3 atom stereocenters. The number of nitrogens with one attached hydrogen (secondary N) is 1. The van der Waals surface area contributed by atoms with Gasteiger partial charge in [0.05, 0.1) is 29.8 Å². The van der Waals surface area contributed by atoms with E-state index in [1.54, 1.807) is 13.2 Å². The second-order valence-corrected chi connectivity index (χ2v) is 8.69. The number of benzene rings is 3. The molecule has 0 spiro atoms. The topological polar surface area (TPSA) is 73.6 Å². The fourth-order valence-electron chi connectivity index (χ4n) is 4.87. The van der Waals surface area contributed by atoms with Crippen LogP contribution in [0.4, 0.5) is 11.4 Å². The Balaban J connectivity index is 1.39. The molecule has 2 aliphatic rings. The molecular formula is C27H26N2O4. The molecule has 0 bridgehead atoms. The average molecular weight is 443 g/mol. The molecule has 6 nitrogen and oxygen atoms in total. The fraction of sp³-hybridized carbons (Fsp3) is 0.259. The first-order chi connectivity index (χ1) is 16.0. The largest absolute Gasteiger partial charge is 0.494 e. The molecule has 1 N–H and O–H groups in total. The maximum Gasteiger partial charge on any atom is 0.273 e. The third kappa shape index (κ3) is 4.04. The molecule has 3 aromatic rings. The molecule has 1 heterocycles. The van der Waals surface area contributed by atoms with Gasteiger partial charge in [-0.15, -0.1) is 0 Å². The summed E-state index contributed by atoms with van der Waals surface area (Å²) in [5.41, 5.74) is 5.34. The van der Waals surface area contributed by atoms with E-state index in [-0.39, 0.29) is 28.5 Å². The van der Waals surface area contributed by atoms with Crippen LogP contribution in [0.5, 0.6) is 11.5 Å². The van der Waals surface area contributed by atoms with Gasteiger partial charge in [0, 0.05) is 12.0 Å². The monoisotopic (exact) mass is 442 g/mol. The summed E-state index contributed by atoms with van der Waals surface area (Å²) in [6, 6.07) is 19.8. The second kappa shape index (κ2) is 8.62. The lowest BCUT2D eigenvalue weighted by Gasteiger charge is -2.38. The summed E-state index contributed by atoms with van der Waals surface area (Å²) < 4.78 is 11.5. The highest BCUT2D eigenvalue weighted by atomic mass is 16.6. The molecule has 0 amide bonds. The van der Waals surface area contributed by atoms with Crippen LogP contribution < -0.4 is 14.8 Å². The minimum atomic E-state index is -0.363. The first-order valence-electron chi connectivity index (χ1n) is 11.1. The van der Waals surface area contributed by atoms with Gasteiger partial charge < -0.3 is 14.8 Å². The first-order valence-corrected chi connectivity index (χ1v) is 11.1. The van der Waals surface area contributed by atoms with Crippen LogP contribution in [0.15, 0.2) is 72.8 Å². The van der Waals surface area contributed by atoms with E-state index in [1.165, 1.54) is 11.6 Å². The molecule has 5 rings (SSSR count). The van der Waals surface area contributed by atoms with Crippen LogP contribution in [0.1, 0.15) is 40.6 Å². The molecule has 168 valence electrons. The van der Waals surface area contributed by atoms with E-state index >= 15 is 0 Å². The predicted molar refractivity (Wildman–Crippen MR) is 128 cm³/mol. The van der Waals surface area contributed by atoms with Gasteiger partial charge in [0.1, 0.15) is 18.1 Å². The molecular weight excluding hydrogens is 416 g/mol. The summed E-state index contributed by atoms with van der Waals surface area (Å²) in [6.45, 7) is 2.60. The van der Waals surface area contributed by atoms with Crippen molar-refractivity contribution >= 4 is 11.4 Å². The molecule has 0 saturated heterocycles. The summed E-state index contributed by atoms with van der Waals surface area (Å²) in [5.74, 6) is 1.71. The third-order valence-electron chi connectivity index (χ3n) is 6.61. The molecule has 0 aromatic heterocycles. The number of anilines is 1. The van der Waals surface area contributed by atoms with Crippen molar-refractivity contribution in [2.24, 2.45) is 5.92 Å². The Kier molecular flexibility index (Phi) is 5.50. The van der Waals surface area contributed by atoms with Gasteiger partial charge >= 0.3 is 0 Å². The van der Waals surface area contributed by atoms with Crippen molar-refractivity contribution in [3.63, 3.8) is 0 Å². The summed E-state index contributed by atoms with van der Waals surface area (Å²) in [4.78, 5) is 11.1. The maximum atomic E-state index is 11.4. The van der Waals surface area contributed by atoms with Crippen molar-refractivity contribution in [3.8, 4) is 11.5 Å². The Labute approximate surface area is 193 Å². The number of nitrogens with zero attached hydrogens (tertiary/aromatic N) is 1. The number of fused-ring (bicyclic) bond motifs is 3. The molecule has 1 aliphatic heterocycles. The van der Waals surface area contributed by atoms with Gasteiger partial charge in [0.2, 0.25) is 0 Å². The summed E-state index contributed by atoms with van der Waals surface area (Å²) in [5, 5.41) is 15.0. The Morgan fingerprint density at radius 2 is 1.85 bits per heavy atom. The lowest BCUT2D eigenvalue weighted by molar-refractivity contribution is -0.385. The number of rotatable bonds is 6. The van der Waals surface area contributed by atoms with Crippen LogP contribution in [-0.4, -0.2) is 12.0 Å². The number of nitro groups is 1. The highest BCUT2D eigenvalue weighted by Crippen LogP contribution is 2.53. The summed E-state index contributed by atoms with van der Waals surface area (Å²) in [7, 11) is 1.55. The third-order valence-corrected chi connectivity index (χ3v) is 6.61. The van der Waals surface area contributed by atoms with Crippen LogP contribution >= 0.6 is 0 Å². The number of hydrogen-bond donors (Lipinski definition) is 1. The minimum absolute atomic E-state index is 0.0555. The van der Waals surface area contributed by atoms with E-state index in [1.807, 2.05) is 12.1 Å². The van der Waals surface area contributed by atoms with Crippen molar-refractivity contribution in [2.75, 3.05) is 12.4 Å². The van der Waals surface area contributed by atoms with Gasteiger partial charge in [0.15, 0.2) is 0 Å². The van der Waals surface area contributed by atoms with E-state index in [4.69, 9.17) is 9.47 Å². The lowest BCUT2D eigenvalue weighted by Crippen LogP contribution is -2.29. The SMILES string of the molecule is COc1cc([N+](=O)[O-])cc2c1NC(c1ccc(OCc3ccc(C)cc3)cc1)[C@H]1CC=C[C@@H]21. The fourth-order valence-corrected chi connectivity index (χ4v) is 4.87. The standard InChI is InChI=1S/C27H26N2O4/c1-17-6-8-18(9-7-17)16-33-21-12-10-19(11-13-21)26-23-5-3-4-22(23)24-14-20(29(30)31)15-25(32-2)27(24)28-26/h3-4,6-15,22-23,26,28H,5,16H2,1-2H3/t22-,23+,26?/m1/s1. The van der Waals surface area contributed by atoms with Crippen molar-refractivity contribution in [2.45, 2.75) is 31.9 Å². The zero-order valence-corrected chi connectivity index (χ0v) is 18.7. The highest BCUT2D eigenvalue weighted by molar-refractivity contribution is 5.71. The van der Waals surface area contributed by atoms with Gasteiger partial charge in [-0.2, -0.15) is 0 Å². The van der Waals surface area contributed by atoms with E-state index in [9.17, 15) is 10.1 Å². The van der Waals surface area contributed by atoms with Crippen LogP contribution in [0.25, 0.3) is 0 Å². The van der Waals surface area contributed by atoms with Crippen molar-refractivity contribution in [1.82, 2.24) is 0 Å². The van der Waals surface area contributed by atoms with Gasteiger partial charge in [-0.1, -0.05) is 54.1 Å². The van der Waals surface area contributed by atoms with Crippen LogP contribution in [0.3, 0.4) is 0 Å². The molecule has 0 saturated carbocycles. The van der Waals surface area contributed by atoms with Crippen molar-refractivity contribution < 1.29 is 14.4 Å². The van der Waals surface area contributed by atoms with Crippen LogP contribution in [0.2, 0.25) is 0 Å². The zero-order valence-electron chi connectivity index (χ0n) is 18.7. The van der Waals surface area contributed by atoms with E-state index in [2.05, 4.69) is 60.8 Å². The van der Waals surface area contributed by atoms with Crippen LogP contribution in [-0.2, 0) is 6.61 Å². The smallest absolute Gasteiger partial charge is 0.273 e. The zero-order chi connectivity index (χ0) is 22.9. The Bertz CT molecular complexity index is 1200. The maximum absolute atomic E-state index is 11.4. The quantitative estimate of drug-likeness (QED) is 0.275. The van der Waals surface area contributed by atoms with E-state index < -0.39 is 0 Å². The number of aryl methyl sites for hydroxylation is 1. The number of allylic oxidation sites excluding steroid dienone is 2. The molecule has 1 unspecified atom stereocenters. The molecule has 1 aliphatic carbocycles. The highest BCUT2D eigenvalue weighted by Gasteiger charge is 2.40. The van der Waals surface area contributed by atoms with E-state index in [0.29, 0.717) is 12.4 Å². The average Bonchev–Trinajstić information content (AvgIpc) is 3.33. The van der Waals surface area contributed by atoms with Gasteiger partial charge in [-0.05, 0) is 48.1 Å². The molecule has 0 fully saturated rings. The summed E-state index contributed by atoms with van der Waals surface area (Å²) >= 11 is 0. The summed E-state index contributed by atoms with van der Waals surface area (Å²) in [6.07, 6.45) is 5.25. The number of hydrogen-bond acceptors (Lipinski definition) is 5. The molecule has 6 heteroatoms. The predicted octanol–water partition coefficient (Wildman–Crippen LogP) is 6.32. The van der Waals surface area contributed by atoms with Gasteiger partial charge in [-0.3, -0.25) is 10.1 Å². The number of methoxy groups -OCH3 is 1. The first kappa shape index (κ1) is 21.1. The van der Waals surface area contributed by atoms with Gasteiger partial charge in [-0.25, -0.2) is 0 Å². The van der Waals surface area contributed by atoms with Crippen molar-refractivity contribution in [3.05, 3.63) is 105 Å². The van der Waals surface area contributed by atoms with Crippen molar-refractivity contribution in [1.29, 1.82) is 0 Å².